The second-order valence-electron chi connectivity index (χ2n) is 4.30. The van der Waals surface area contributed by atoms with Crippen molar-refractivity contribution < 1.29 is 4.74 Å². The molecule has 1 N–H and O–H groups in total. The molecule has 0 aromatic carbocycles. The average molecular weight is 210 g/mol. The van der Waals surface area contributed by atoms with E-state index in [1.807, 2.05) is 0 Å². The molecule has 1 aliphatic rings. The zero-order chi connectivity index (χ0) is 11.1. The molecule has 1 saturated carbocycles. The van der Waals surface area contributed by atoms with Crippen molar-refractivity contribution in [2.24, 2.45) is 0 Å². The van der Waals surface area contributed by atoms with E-state index in [1.165, 1.54) is 19.3 Å². The summed E-state index contributed by atoms with van der Waals surface area (Å²) in [6.45, 7) is 2.12. The van der Waals surface area contributed by atoms with Crippen molar-refractivity contribution in [3.63, 3.8) is 0 Å². The maximum Gasteiger partial charge on any atom is 0.0724 e. The van der Waals surface area contributed by atoms with Gasteiger partial charge in [0.15, 0.2) is 0 Å². The molecule has 0 spiro atoms. The summed E-state index contributed by atoms with van der Waals surface area (Å²) >= 11 is 0. The molecule has 3 atom stereocenters. The lowest BCUT2D eigenvalue weighted by atomic mass is 9.91. The van der Waals surface area contributed by atoms with E-state index in [9.17, 15) is 0 Å². The van der Waals surface area contributed by atoms with Gasteiger partial charge in [0.25, 0.3) is 0 Å². The first kappa shape index (κ1) is 12.5. The SMILES string of the molecule is CCC(CC#N)NC1CCCCC1OC. The smallest absolute Gasteiger partial charge is 0.0724 e. The molecule has 0 aromatic heterocycles. The molecule has 3 unspecified atom stereocenters. The van der Waals surface area contributed by atoms with Crippen LogP contribution < -0.4 is 5.32 Å². The number of nitrogens with one attached hydrogen (secondary N) is 1. The third-order valence-corrected chi connectivity index (χ3v) is 3.29. The first-order chi connectivity index (χ1) is 7.31. The van der Waals surface area contributed by atoms with Gasteiger partial charge in [0, 0.05) is 19.2 Å². The molecule has 0 amide bonds. The van der Waals surface area contributed by atoms with Crippen LogP contribution in [0.15, 0.2) is 0 Å². The number of rotatable bonds is 5. The molecule has 1 aliphatic carbocycles. The quantitative estimate of drug-likeness (QED) is 0.756. The van der Waals surface area contributed by atoms with E-state index in [0.717, 1.165) is 12.8 Å². The van der Waals surface area contributed by atoms with Gasteiger partial charge in [0.2, 0.25) is 0 Å². The summed E-state index contributed by atoms with van der Waals surface area (Å²) in [5, 5.41) is 12.3. The van der Waals surface area contributed by atoms with Gasteiger partial charge in [0.05, 0.1) is 18.6 Å². The lowest BCUT2D eigenvalue weighted by molar-refractivity contribution is 0.0377. The summed E-state index contributed by atoms with van der Waals surface area (Å²) in [4.78, 5) is 0. The highest BCUT2D eigenvalue weighted by Crippen LogP contribution is 2.21. The number of hydrogen-bond acceptors (Lipinski definition) is 3. The lowest BCUT2D eigenvalue weighted by Gasteiger charge is -2.33. The fourth-order valence-corrected chi connectivity index (χ4v) is 2.30. The molecule has 0 radical (unpaired) electrons. The second kappa shape index (κ2) is 6.81. The molecule has 0 aromatic rings. The van der Waals surface area contributed by atoms with Crippen molar-refractivity contribution in [3.05, 3.63) is 0 Å². The van der Waals surface area contributed by atoms with E-state index in [0.29, 0.717) is 24.6 Å². The molecule has 1 fully saturated rings. The van der Waals surface area contributed by atoms with Crippen LogP contribution in [-0.4, -0.2) is 25.3 Å². The highest BCUT2D eigenvalue weighted by molar-refractivity contribution is 4.87. The highest BCUT2D eigenvalue weighted by atomic mass is 16.5. The molecule has 15 heavy (non-hydrogen) atoms. The minimum atomic E-state index is 0.329. The summed E-state index contributed by atoms with van der Waals surface area (Å²) in [7, 11) is 1.79. The van der Waals surface area contributed by atoms with Gasteiger partial charge in [0.1, 0.15) is 0 Å². The van der Waals surface area contributed by atoms with Gasteiger partial charge in [-0.3, -0.25) is 0 Å². The molecule has 0 aliphatic heterocycles. The van der Waals surface area contributed by atoms with Crippen molar-refractivity contribution in [2.75, 3.05) is 7.11 Å². The molecule has 0 bridgehead atoms. The van der Waals surface area contributed by atoms with E-state index in [-0.39, 0.29) is 0 Å². The number of hydrogen-bond donors (Lipinski definition) is 1. The van der Waals surface area contributed by atoms with E-state index < -0.39 is 0 Å². The topological polar surface area (TPSA) is 45.0 Å². The molecular weight excluding hydrogens is 188 g/mol. The third kappa shape index (κ3) is 3.81. The summed E-state index contributed by atoms with van der Waals surface area (Å²) < 4.78 is 5.48. The fourth-order valence-electron chi connectivity index (χ4n) is 2.30. The van der Waals surface area contributed by atoms with Crippen LogP contribution in [-0.2, 0) is 4.74 Å². The molecular formula is C12H22N2O. The van der Waals surface area contributed by atoms with Crippen LogP contribution in [0, 0.1) is 11.3 Å². The Balaban J connectivity index is 2.42. The summed E-state index contributed by atoms with van der Waals surface area (Å²) in [5.41, 5.74) is 0. The molecule has 3 nitrogen and oxygen atoms in total. The van der Waals surface area contributed by atoms with Crippen molar-refractivity contribution >= 4 is 0 Å². The Kier molecular flexibility index (Phi) is 5.67. The lowest BCUT2D eigenvalue weighted by Crippen LogP contribution is -2.47. The summed E-state index contributed by atoms with van der Waals surface area (Å²) in [5.74, 6) is 0. The second-order valence-corrected chi connectivity index (χ2v) is 4.30. The van der Waals surface area contributed by atoms with Crippen LogP contribution in [0.3, 0.4) is 0 Å². The average Bonchev–Trinajstić information content (AvgIpc) is 2.29. The van der Waals surface area contributed by atoms with Crippen LogP contribution in [0.4, 0.5) is 0 Å². The van der Waals surface area contributed by atoms with Crippen molar-refractivity contribution in [1.82, 2.24) is 5.32 Å². The summed E-state index contributed by atoms with van der Waals surface area (Å²) in [6.07, 6.45) is 6.83. The maximum atomic E-state index is 8.70. The molecule has 86 valence electrons. The van der Waals surface area contributed by atoms with Gasteiger partial charge in [-0.2, -0.15) is 5.26 Å². The first-order valence-corrected chi connectivity index (χ1v) is 5.97. The molecule has 0 heterocycles. The first-order valence-electron chi connectivity index (χ1n) is 5.97. The predicted molar refractivity (Wildman–Crippen MR) is 60.5 cm³/mol. The Bertz CT molecular complexity index is 212. The Labute approximate surface area is 92.8 Å². The zero-order valence-electron chi connectivity index (χ0n) is 9.83. The normalized spacial score (nSPS) is 28.3. The Morgan fingerprint density at radius 3 is 2.80 bits per heavy atom. The van der Waals surface area contributed by atoms with Crippen LogP contribution in [0.5, 0.6) is 0 Å². The fraction of sp³-hybridized carbons (Fsp3) is 0.917. The van der Waals surface area contributed by atoms with Crippen LogP contribution >= 0.6 is 0 Å². The number of nitrogens with zero attached hydrogens (tertiary/aromatic N) is 1. The Morgan fingerprint density at radius 1 is 1.47 bits per heavy atom. The van der Waals surface area contributed by atoms with Crippen molar-refractivity contribution in [3.8, 4) is 6.07 Å². The third-order valence-electron chi connectivity index (χ3n) is 3.29. The van der Waals surface area contributed by atoms with Crippen LogP contribution in [0.25, 0.3) is 0 Å². The summed E-state index contributed by atoms with van der Waals surface area (Å²) in [6, 6.07) is 3.01. The van der Waals surface area contributed by atoms with Gasteiger partial charge < -0.3 is 10.1 Å². The van der Waals surface area contributed by atoms with E-state index in [4.69, 9.17) is 10.00 Å². The van der Waals surface area contributed by atoms with Crippen molar-refractivity contribution in [1.29, 1.82) is 5.26 Å². The predicted octanol–water partition coefficient (Wildman–Crippen LogP) is 2.23. The molecule has 3 heteroatoms. The van der Waals surface area contributed by atoms with Crippen LogP contribution in [0.1, 0.15) is 45.4 Å². The Morgan fingerprint density at radius 2 is 2.20 bits per heavy atom. The monoisotopic (exact) mass is 210 g/mol. The largest absolute Gasteiger partial charge is 0.380 e. The minimum Gasteiger partial charge on any atom is -0.380 e. The number of ether oxygens (including phenoxy) is 1. The Hall–Kier alpha value is -0.590. The molecule has 1 rings (SSSR count). The van der Waals surface area contributed by atoms with Gasteiger partial charge in [-0.05, 0) is 19.3 Å². The maximum absolute atomic E-state index is 8.70. The van der Waals surface area contributed by atoms with Gasteiger partial charge in [-0.1, -0.05) is 19.8 Å². The molecule has 0 saturated heterocycles. The van der Waals surface area contributed by atoms with E-state index in [1.54, 1.807) is 7.11 Å². The minimum absolute atomic E-state index is 0.329. The van der Waals surface area contributed by atoms with E-state index in [2.05, 4.69) is 18.3 Å². The van der Waals surface area contributed by atoms with Crippen molar-refractivity contribution in [2.45, 2.75) is 63.6 Å². The van der Waals surface area contributed by atoms with Crippen LogP contribution in [0.2, 0.25) is 0 Å². The number of methoxy groups -OCH3 is 1. The van der Waals surface area contributed by atoms with Gasteiger partial charge in [-0.25, -0.2) is 0 Å². The zero-order valence-corrected chi connectivity index (χ0v) is 9.83. The standard InChI is InChI=1S/C12H22N2O/c1-3-10(8-9-13)14-11-6-4-5-7-12(11)15-2/h10-12,14H,3-8H2,1-2H3. The van der Waals surface area contributed by atoms with Gasteiger partial charge in [-0.15, -0.1) is 0 Å². The number of nitriles is 1. The van der Waals surface area contributed by atoms with E-state index >= 15 is 0 Å². The highest BCUT2D eigenvalue weighted by Gasteiger charge is 2.26. The van der Waals surface area contributed by atoms with Gasteiger partial charge >= 0.3 is 0 Å².